The third-order valence-electron chi connectivity index (χ3n) is 5.38. The molecule has 36 heavy (non-hydrogen) atoms. The lowest BCUT2D eigenvalue weighted by Gasteiger charge is -2.22. The highest BCUT2D eigenvalue weighted by Gasteiger charge is 2.34. The van der Waals surface area contributed by atoms with Gasteiger partial charge in [-0.1, -0.05) is 23.4 Å². The smallest absolute Gasteiger partial charge is 0.277 e. The Morgan fingerprint density at radius 2 is 1.75 bits per heavy atom. The molecule has 3 rings (SSSR count). The maximum atomic E-state index is 14.0. The molecule has 198 valence electrons. The summed E-state index contributed by atoms with van der Waals surface area (Å²) in [4.78, 5) is 0.806. The fourth-order valence-corrected chi connectivity index (χ4v) is 6.88. The van der Waals surface area contributed by atoms with Gasteiger partial charge in [0, 0.05) is 23.1 Å². The van der Waals surface area contributed by atoms with E-state index in [1.165, 1.54) is 7.11 Å². The van der Waals surface area contributed by atoms with Gasteiger partial charge in [-0.3, -0.25) is 4.18 Å². The number of anilines is 1. The Balaban J connectivity index is 2.04. The second-order valence-corrected chi connectivity index (χ2v) is 13.2. The predicted molar refractivity (Wildman–Crippen MR) is 137 cm³/mol. The van der Waals surface area contributed by atoms with Crippen LogP contribution in [0.3, 0.4) is 0 Å². The zero-order valence-electron chi connectivity index (χ0n) is 21.0. The van der Waals surface area contributed by atoms with Crippen LogP contribution in [0.1, 0.15) is 27.3 Å². The molecule has 0 fully saturated rings. The first-order valence-corrected chi connectivity index (χ1v) is 15.0. The van der Waals surface area contributed by atoms with Gasteiger partial charge in [-0.25, -0.2) is 12.7 Å². The summed E-state index contributed by atoms with van der Waals surface area (Å²) in [6.45, 7) is 7.25. The molecule has 0 radical (unpaired) electrons. The molecule has 3 aromatic rings. The van der Waals surface area contributed by atoms with E-state index in [1.807, 2.05) is 19.9 Å². The van der Waals surface area contributed by atoms with E-state index in [1.54, 1.807) is 32.0 Å². The van der Waals surface area contributed by atoms with Gasteiger partial charge in [-0.15, -0.1) is 11.3 Å². The zero-order chi connectivity index (χ0) is 26.7. The van der Waals surface area contributed by atoms with E-state index >= 15 is 0 Å². The Bertz CT molecular complexity index is 1430. The van der Waals surface area contributed by atoms with Gasteiger partial charge in [0.1, 0.15) is 16.7 Å². The fraction of sp³-hybridized carbons (Fsp3) is 0.435. The first kappa shape index (κ1) is 28.3. The van der Waals surface area contributed by atoms with Crippen molar-refractivity contribution in [1.82, 2.24) is 5.16 Å². The maximum absolute atomic E-state index is 14.0. The highest BCUT2D eigenvalue weighted by atomic mass is 32.2. The van der Waals surface area contributed by atoms with Crippen LogP contribution < -0.4 is 4.31 Å². The van der Waals surface area contributed by atoms with Gasteiger partial charge in [0.05, 0.1) is 26.1 Å². The molecule has 0 aliphatic rings. The molecule has 0 aliphatic carbocycles. The molecule has 0 spiro atoms. The quantitative estimate of drug-likeness (QED) is 0.185. The number of rotatable bonds is 12. The van der Waals surface area contributed by atoms with Crippen molar-refractivity contribution < 1.29 is 35.0 Å². The van der Waals surface area contributed by atoms with Crippen LogP contribution in [0.2, 0.25) is 0 Å². The molecule has 2 aromatic heterocycles. The molecule has 2 heterocycles. The minimum atomic E-state index is -4.11. The molecule has 0 saturated carbocycles. The highest BCUT2D eigenvalue weighted by molar-refractivity contribution is 7.95. The van der Waals surface area contributed by atoms with E-state index < -0.39 is 20.1 Å². The lowest BCUT2D eigenvalue weighted by molar-refractivity contribution is 0.0753. The predicted octanol–water partition coefficient (Wildman–Crippen LogP) is 3.93. The number of benzene rings is 1. The Morgan fingerprint density at radius 3 is 2.33 bits per heavy atom. The Morgan fingerprint density at radius 1 is 1.03 bits per heavy atom. The molecule has 0 N–H and O–H groups in total. The number of methoxy groups -OCH3 is 1. The van der Waals surface area contributed by atoms with Crippen molar-refractivity contribution in [3.8, 4) is 11.1 Å². The molecular weight excluding hydrogens is 528 g/mol. The number of aromatic nitrogens is 1. The van der Waals surface area contributed by atoms with Crippen molar-refractivity contribution in [1.29, 1.82) is 0 Å². The lowest BCUT2D eigenvalue weighted by atomic mass is 10.0. The average molecular weight is 559 g/mol. The summed E-state index contributed by atoms with van der Waals surface area (Å²) in [6, 6.07) is 7.08. The normalized spacial score (nSPS) is 12.3. The number of hydrogen-bond donors (Lipinski definition) is 0. The van der Waals surface area contributed by atoms with Crippen molar-refractivity contribution in [2.75, 3.05) is 37.6 Å². The summed E-state index contributed by atoms with van der Waals surface area (Å²) in [5.74, 6) is 0.666. The zero-order valence-corrected chi connectivity index (χ0v) is 23.5. The van der Waals surface area contributed by atoms with Gasteiger partial charge in [0.2, 0.25) is 0 Å². The molecule has 10 nitrogen and oxygen atoms in total. The van der Waals surface area contributed by atoms with E-state index in [0.29, 0.717) is 34.6 Å². The largest absolute Gasteiger partial charge is 0.382 e. The van der Waals surface area contributed by atoms with Crippen LogP contribution in [-0.4, -0.2) is 55.3 Å². The standard InChI is InChI=1S/C23H30N2O8S3/c1-15-11-19(13-32-35(6,26)27)7-8-20(15)21-12-16(2)34-23(21)36(28,29)25(14-31-10-9-30-5)22-17(3)18(4)33-24-22/h7-8,11-12H,9-10,13-14H2,1-6H3. The van der Waals surface area contributed by atoms with E-state index in [-0.39, 0.29) is 30.0 Å². The third kappa shape index (κ3) is 6.52. The van der Waals surface area contributed by atoms with Crippen molar-refractivity contribution in [3.63, 3.8) is 0 Å². The van der Waals surface area contributed by atoms with E-state index in [9.17, 15) is 16.8 Å². The summed E-state index contributed by atoms with van der Waals surface area (Å²) in [7, 11) is -6.16. The SMILES string of the molecule is COCCOCN(c1noc(C)c1C)S(=O)(=O)c1sc(C)cc1-c1ccc(COS(C)(=O)=O)cc1C. The van der Waals surface area contributed by atoms with Crippen molar-refractivity contribution >= 4 is 37.3 Å². The van der Waals surface area contributed by atoms with Crippen LogP contribution in [0.4, 0.5) is 5.82 Å². The van der Waals surface area contributed by atoms with Gasteiger partial charge < -0.3 is 14.0 Å². The Hall–Kier alpha value is -2.29. The van der Waals surface area contributed by atoms with Crippen molar-refractivity contribution in [2.45, 2.75) is 38.5 Å². The Kier molecular flexibility index (Phi) is 8.96. The van der Waals surface area contributed by atoms with Crippen LogP contribution in [-0.2, 0) is 40.4 Å². The molecule has 0 atom stereocenters. The summed E-state index contributed by atoms with van der Waals surface area (Å²) in [5.41, 5.74) is 3.25. The molecule has 0 aliphatic heterocycles. The number of ether oxygens (including phenoxy) is 2. The molecule has 0 bridgehead atoms. The monoisotopic (exact) mass is 558 g/mol. The van der Waals surface area contributed by atoms with E-state index in [2.05, 4.69) is 5.16 Å². The second-order valence-electron chi connectivity index (χ2n) is 8.24. The van der Waals surface area contributed by atoms with Gasteiger partial charge in [-0.05, 0) is 50.5 Å². The van der Waals surface area contributed by atoms with Crippen LogP contribution >= 0.6 is 11.3 Å². The molecule has 0 amide bonds. The third-order valence-corrected chi connectivity index (χ3v) is 9.20. The second kappa shape index (κ2) is 11.4. The van der Waals surface area contributed by atoms with Crippen molar-refractivity contribution in [2.24, 2.45) is 0 Å². The number of sulfonamides is 1. The molecule has 0 saturated heterocycles. The van der Waals surface area contributed by atoms with Gasteiger partial charge in [-0.2, -0.15) is 8.42 Å². The number of thiophene rings is 1. The van der Waals surface area contributed by atoms with Gasteiger partial charge in [0.25, 0.3) is 20.1 Å². The summed E-state index contributed by atoms with van der Waals surface area (Å²) in [5, 5.41) is 3.99. The summed E-state index contributed by atoms with van der Waals surface area (Å²) in [6.07, 6.45) is 0.988. The Labute approximate surface area is 215 Å². The maximum Gasteiger partial charge on any atom is 0.277 e. The van der Waals surface area contributed by atoms with Crippen LogP contribution in [0.15, 0.2) is 33.0 Å². The van der Waals surface area contributed by atoms with Gasteiger partial charge >= 0.3 is 0 Å². The molecular formula is C23H30N2O8S3. The summed E-state index contributed by atoms with van der Waals surface area (Å²) < 4.78 is 72.6. The number of aryl methyl sites for hydroxylation is 3. The number of hydrogen-bond acceptors (Lipinski definition) is 10. The molecule has 1 aromatic carbocycles. The van der Waals surface area contributed by atoms with Gasteiger partial charge in [0.15, 0.2) is 5.82 Å². The van der Waals surface area contributed by atoms with Crippen LogP contribution in [0, 0.1) is 27.7 Å². The van der Waals surface area contributed by atoms with E-state index in [4.69, 9.17) is 18.2 Å². The fourth-order valence-electron chi connectivity index (χ4n) is 3.44. The molecule has 0 unspecified atom stereocenters. The minimum absolute atomic E-state index is 0.106. The summed E-state index contributed by atoms with van der Waals surface area (Å²) >= 11 is 1.15. The average Bonchev–Trinajstić information content (AvgIpc) is 3.34. The van der Waals surface area contributed by atoms with Crippen LogP contribution in [0.5, 0.6) is 0 Å². The van der Waals surface area contributed by atoms with Crippen molar-refractivity contribution in [3.05, 3.63) is 51.6 Å². The molecule has 13 heteroatoms. The first-order chi connectivity index (χ1) is 16.8. The topological polar surface area (TPSA) is 125 Å². The van der Waals surface area contributed by atoms with Crippen LogP contribution in [0.25, 0.3) is 11.1 Å². The van der Waals surface area contributed by atoms with E-state index in [0.717, 1.165) is 32.3 Å². The minimum Gasteiger partial charge on any atom is -0.382 e. The highest BCUT2D eigenvalue weighted by Crippen LogP contribution is 2.40. The lowest BCUT2D eigenvalue weighted by Crippen LogP contribution is -2.34. The number of nitrogens with zero attached hydrogens (tertiary/aromatic N) is 2. The first-order valence-electron chi connectivity index (χ1n) is 10.9.